The number of carbonyl (C=O) groups is 1. The Morgan fingerprint density at radius 2 is 2.03 bits per heavy atom. The number of benzene rings is 1. The SMILES string of the molecule is Cc1cnc(C(=O)N2CCC[C@@H]2CN2Cc3ccccc3OC[C@H]2CN(C)C)cn1. The Bertz CT molecular complexity index is 870. The van der Waals surface area contributed by atoms with Crippen molar-refractivity contribution in [3.05, 3.63) is 53.6 Å². The molecule has 0 N–H and O–H groups in total. The van der Waals surface area contributed by atoms with Crippen molar-refractivity contribution in [1.82, 2.24) is 24.7 Å². The molecule has 7 heteroatoms. The maximum atomic E-state index is 13.1. The number of para-hydroxylation sites is 1. The molecule has 1 aromatic carbocycles. The molecule has 2 aliphatic heterocycles. The quantitative estimate of drug-likeness (QED) is 0.755. The normalized spacial score (nSPS) is 21.9. The molecule has 2 aromatic rings. The Balaban J connectivity index is 1.53. The highest BCUT2D eigenvalue weighted by Gasteiger charge is 2.34. The number of aromatic nitrogens is 2. The second-order valence-corrected chi connectivity index (χ2v) is 8.60. The molecule has 0 radical (unpaired) electrons. The zero-order chi connectivity index (χ0) is 21.1. The maximum Gasteiger partial charge on any atom is 0.274 e. The average molecular weight is 410 g/mol. The van der Waals surface area contributed by atoms with E-state index in [-0.39, 0.29) is 18.0 Å². The molecule has 3 heterocycles. The zero-order valence-corrected chi connectivity index (χ0v) is 18.1. The van der Waals surface area contributed by atoms with E-state index in [1.54, 1.807) is 12.4 Å². The van der Waals surface area contributed by atoms with E-state index in [2.05, 4.69) is 46.0 Å². The van der Waals surface area contributed by atoms with E-state index in [9.17, 15) is 4.79 Å². The highest BCUT2D eigenvalue weighted by molar-refractivity contribution is 5.92. The van der Waals surface area contributed by atoms with Gasteiger partial charge in [-0.1, -0.05) is 18.2 Å². The first-order valence-corrected chi connectivity index (χ1v) is 10.7. The number of likely N-dealkylation sites (tertiary alicyclic amines) is 1. The molecular weight excluding hydrogens is 378 g/mol. The summed E-state index contributed by atoms with van der Waals surface area (Å²) in [5.41, 5.74) is 2.46. The molecule has 2 aliphatic rings. The summed E-state index contributed by atoms with van der Waals surface area (Å²) in [5.74, 6) is 0.957. The van der Waals surface area contributed by atoms with Crippen molar-refractivity contribution in [1.29, 1.82) is 0 Å². The number of ether oxygens (including phenoxy) is 1. The molecule has 2 atom stereocenters. The van der Waals surface area contributed by atoms with E-state index in [4.69, 9.17) is 4.74 Å². The summed E-state index contributed by atoms with van der Waals surface area (Å²) >= 11 is 0. The lowest BCUT2D eigenvalue weighted by Crippen LogP contribution is -2.50. The zero-order valence-electron chi connectivity index (χ0n) is 18.1. The summed E-state index contributed by atoms with van der Waals surface area (Å²) < 4.78 is 6.14. The highest BCUT2D eigenvalue weighted by Crippen LogP contribution is 2.27. The number of amides is 1. The minimum absolute atomic E-state index is 0.0133. The van der Waals surface area contributed by atoms with Gasteiger partial charge in [0.1, 0.15) is 18.1 Å². The van der Waals surface area contributed by atoms with Crippen LogP contribution in [0, 0.1) is 6.92 Å². The standard InChI is InChI=1S/C23H31N5O2/c1-17-11-25-21(12-24-17)23(29)28-10-6-8-19(28)15-27-13-18-7-4-5-9-22(18)30-16-20(27)14-26(2)3/h4-5,7,9,11-12,19-20H,6,8,10,13-16H2,1-3H3/t19-,20-/m1/s1. The summed E-state index contributed by atoms with van der Waals surface area (Å²) in [6.07, 6.45) is 5.29. The first kappa shape index (κ1) is 20.8. The minimum Gasteiger partial charge on any atom is -0.492 e. The number of rotatable bonds is 5. The predicted octanol–water partition coefficient (Wildman–Crippen LogP) is 2.21. The molecule has 0 bridgehead atoms. The number of nitrogens with zero attached hydrogens (tertiary/aromatic N) is 5. The van der Waals surface area contributed by atoms with Crippen molar-refractivity contribution in [2.45, 2.75) is 38.4 Å². The predicted molar refractivity (Wildman–Crippen MR) is 116 cm³/mol. The Morgan fingerprint density at radius 3 is 2.80 bits per heavy atom. The van der Waals surface area contributed by atoms with Crippen molar-refractivity contribution in [2.75, 3.05) is 40.3 Å². The minimum atomic E-state index is -0.0133. The third kappa shape index (κ3) is 4.63. The summed E-state index contributed by atoms with van der Waals surface area (Å²) in [6.45, 7) is 5.89. The number of likely N-dealkylation sites (N-methyl/N-ethyl adjacent to an activating group) is 1. The molecule has 4 rings (SSSR count). The molecule has 1 saturated heterocycles. The van der Waals surface area contributed by atoms with Gasteiger partial charge < -0.3 is 14.5 Å². The van der Waals surface area contributed by atoms with Gasteiger partial charge >= 0.3 is 0 Å². The second-order valence-electron chi connectivity index (χ2n) is 8.60. The van der Waals surface area contributed by atoms with Crippen LogP contribution in [0.3, 0.4) is 0 Å². The van der Waals surface area contributed by atoms with Gasteiger partial charge in [-0.2, -0.15) is 0 Å². The van der Waals surface area contributed by atoms with Crippen LogP contribution >= 0.6 is 0 Å². The number of fused-ring (bicyclic) bond motifs is 1. The maximum absolute atomic E-state index is 13.1. The molecule has 7 nitrogen and oxygen atoms in total. The van der Waals surface area contributed by atoms with E-state index in [1.165, 1.54) is 5.56 Å². The van der Waals surface area contributed by atoms with Gasteiger partial charge in [0.2, 0.25) is 0 Å². The van der Waals surface area contributed by atoms with Crippen LogP contribution in [0.2, 0.25) is 0 Å². The first-order chi connectivity index (χ1) is 14.5. The van der Waals surface area contributed by atoms with Crippen LogP contribution in [0.15, 0.2) is 36.7 Å². The number of carbonyl (C=O) groups excluding carboxylic acids is 1. The molecule has 0 saturated carbocycles. The van der Waals surface area contributed by atoms with Crippen LogP contribution in [0.25, 0.3) is 0 Å². The van der Waals surface area contributed by atoms with Gasteiger partial charge in [0, 0.05) is 44.0 Å². The van der Waals surface area contributed by atoms with Crippen molar-refractivity contribution in [3.63, 3.8) is 0 Å². The Kier molecular flexibility index (Phi) is 6.29. The van der Waals surface area contributed by atoms with Crippen molar-refractivity contribution >= 4 is 5.91 Å². The summed E-state index contributed by atoms with van der Waals surface area (Å²) in [6, 6.07) is 8.72. The molecule has 1 aromatic heterocycles. The molecular formula is C23H31N5O2. The van der Waals surface area contributed by atoms with E-state index in [0.717, 1.165) is 50.5 Å². The lowest BCUT2D eigenvalue weighted by Gasteiger charge is -2.35. The Hall–Kier alpha value is -2.51. The van der Waals surface area contributed by atoms with Gasteiger partial charge in [-0.25, -0.2) is 4.98 Å². The summed E-state index contributed by atoms with van der Waals surface area (Å²) in [5, 5.41) is 0. The van der Waals surface area contributed by atoms with E-state index < -0.39 is 0 Å². The van der Waals surface area contributed by atoms with Crippen LogP contribution in [0.4, 0.5) is 0 Å². The molecule has 1 fully saturated rings. The van der Waals surface area contributed by atoms with Gasteiger partial charge in [-0.05, 0) is 39.9 Å². The smallest absolute Gasteiger partial charge is 0.274 e. The highest BCUT2D eigenvalue weighted by atomic mass is 16.5. The van der Waals surface area contributed by atoms with E-state index in [1.807, 2.05) is 24.0 Å². The number of hydrogen-bond donors (Lipinski definition) is 0. The van der Waals surface area contributed by atoms with Gasteiger partial charge in [0.05, 0.1) is 17.9 Å². The van der Waals surface area contributed by atoms with Crippen molar-refractivity contribution in [3.8, 4) is 5.75 Å². The fraction of sp³-hybridized carbons (Fsp3) is 0.522. The van der Waals surface area contributed by atoms with Gasteiger partial charge in [-0.3, -0.25) is 14.7 Å². The first-order valence-electron chi connectivity index (χ1n) is 10.7. The van der Waals surface area contributed by atoms with Gasteiger partial charge in [0.15, 0.2) is 0 Å². The van der Waals surface area contributed by atoms with Crippen molar-refractivity contribution in [2.24, 2.45) is 0 Å². The van der Waals surface area contributed by atoms with Crippen LogP contribution in [0.1, 0.15) is 34.6 Å². The van der Waals surface area contributed by atoms with Crippen molar-refractivity contribution < 1.29 is 9.53 Å². The largest absolute Gasteiger partial charge is 0.492 e. The Morgan fingerprint density at radius 1 is 1.20 bits per heavy atom. The summed E-state index contributed by atoms with van der Waals surface area (Å²) in [4.78, 5) is 28.4. The summed E-state index contributed by atoms with van der Waals surface area (Å²) in [7, 11) is 4.19. The average Bonchev–Trinajstić information content (AvgIpc) is 3.12. The topological polar surface area (TPSA) is 61.8 Å². The van der Waals surface area contributed by atoms with Gasteiger partial charge in [0.25, 0.3) is 5.91 Å². The lowest BCUT2D eigenvalue weighted by atomic mass is 10.1. The van der Waals surface area contributed by atoms with E-state index >= 15 is 0 Å². The molecule has 0 aliphatic carbocycles. The molecule has 160 valence electrons. The monoisotopic (exact) mass is 409 g/mol. The third-order valence-corrected chi connectivity index (χ3v) is 5.95. The van der Waals surface area contributed by atoms with Crippen LogP contribution < -0.4 is 4.74 Å². The number of hydrogen-bond acceptors (Lipinski definition) is 6. The second kappa shape index (κ2) is 9.10. The third-order valence-electron chi connectivity index (χ3n) is 5.95. The molecule has 0 spiro atoms. The van der Waals surface area contributed by atoms with Crippen LogP contribution in [-0.2, 0) is 6.54 Å². The molecule has 1 amide bonds. The lowest BCUT2D eigenvalue weighted by molar-refractivity contribution is 0.0612. The Labute approximate surface area is 178 Å². The number of aryl methyl sites for hydroxylation is 1. The van der Waals surface area contributed by atoms with Crippen LogP contribution in [-0.4, -0.2) is 83.0 Å². The molecule has 0 unspecified atom stereocenters. The van der Waals surface area contributed by atoms with E-state index in [0.29, 0.717) is 12.3 Å². The fourth-order valence-corrected chi connectivity index (χ4v) is 4.43. The van der Waals surface area contributed by atoms with Gasteiger partial charge in [-0.15, -0.1) is 0 Å². The molecule has 30 heavy (non-hydrogen) atoms. The fourth-order valence-electron chi connectivity index (χ4n) is 4.43. The van der Waals surface area contributed by atoms with Crippen LogP contribution in [0.5, 0.6) is 5.75 Å².